The number of benzene rings is 3. The zero-order valence-electron chi connectivity index (χ0n) is 24.1. The largest absolute Gasteiger partial charge is 0.497 e. The van der Waals surface area contributed by atoms with E-state index >= 15 is 0 Å². The number of amides is 2. The Balaban J connectivity index is 1.38. The van der Waals surface area contributed by atoms with E-state index in [0.29, 0.717) is 13.0 Å². The molecule has 1 spiro atoms. The summed E-state index contributed by atoms with van der Waals surface area (Å²) < 4.78 is 12.3. The van der Waals surface area contributed by atoms with Crippen LogP contribution in [-0.4, -0.2) is 55.8 Å². The van der Waals surface area contributed by atoms with Crippen LogP contribution < -0.4 is 15.2 Å². The van der Waals surface area contributed by atoms with E-state index in [4.69, 9.17) is 9.47 Å². The molecule has 214 valence electrons. The second-order valence-electron chi connectivity index (χ2n) is 12.2. The van der Waals surface area contributed by atoms with E-state index < -0.39 is 19.8 Å². The average Bonchev–Trinajstić information content (AvgIpc) is 3.45. The van der Waals surface area contributed by atoms with E-state index in [-0.39, 0.29) is 42.3 Å². The molecule has 3 aromatic rings. The maximum Gasteiger partial charge on any atom is 0.261 e. The van der Waals surface area contributed by atoms with Gasteiger partial charge < -0.3 is 24.8 Å². The molecule has 6 rings (SSSR count). The molecule has 5 atom stereocenters. The van der Waals surface area contributed by atoms with Crippen molar-refractivity contribution in [2.24, 2.45) is 5.92 Å². The lowest BCUT2D eigenvalue weighted by molar-refractivity contribution is -0.149. The predicted octanol–water partition coefficient (Wildman–Crippen LogP) is 4.20. The fourth-order valence-corrected chi connectivity index (χ4v) is 11.6. The summed E-state index contributed by atoms with van der Waals surface area (Å²) in [5, 5.41) is 14.5. The van der Waals surface area contributed by atoms with Gasteiger partial charge in [0.2, 0.25) is 5.91 Å². The summed E-state index contributed by atoms with van der Waals surface area (Å²) in [4.78, 5) is 29.7. The van der Waals surface area contributed by atoms with Crippen LogP contribution in [0.2, 0.25) is 18.6 Å². The standard InChI is InChI=1S/C33H38N2O5Si/c1-21-31(41(3,4)26-15-13-25(39-2)14-16-26)29(40-33(21)27-11-7-8-12-28(27)34-32(33)38)18-30(37)35-19-23-10-6-5-9-22(23)17-24(35)20-36/h5-16,21,24,29,31,36H,17-20H2,1-4H3,(H,34,38)/t21-,24+,29+,31-,33+/m1/s1. The lowest BCUT2D eigenvalue weighted by Crippen LogP contribution is -2.52. The van der Waals surface area contributed by atoms with Gasteiger partial charge in [0.15, 0.2) is 5.60 Å². The zero-order chi connectivity index (χ0) is 28.9. The van der Waals surface area contributed by atoms with Gasteiger partial charge in [0.25, 0.3) is 5.91 Å². The highest BCUT2D eigenvalue weighted by Crippen LogP contribution is 2.58. The highest BCUT2D eigenvalue weighted by Gasteiger charge is 2.65. The number of aliphatic hydroxyl groups is 1. The molecule has 3 aliphatic rings. The maximum absolute atomic E-state index is 14.1. The summed E-state index contributed by atoms with van der Waals surface area (Å²) in [5.41, 5.74) is 2.71. The Morgan fingerprint density at radius 1 is 1.07 bits per heavy atom. The zero-order valence-corrected chi connectivity index (χ0v) is 25.1. The number of hydrogen-bond acceptors (Lipinski definition) is 5. The van der Waals surface area contributed by atoms with Gasteiger partial charge in [-0.3, -0.25) is 9.59 Å². The monoisotopic (exact) mass is 570 g/mol. The second-order valence-corrected chi connectivity index (χ2v) is 16.9. The van der Waals surface area contributed by atoms with Gasteiger partial charge in [-0.2, -0.15) is 0 Å². The molecule has 0 unspecified atom stereocenters. The van der Waals surface area contributed by atoms with Crippen LogP contribution in [0, 0.1) is 5.92 Å². The fourth-order valence-electron chi connectivity index (χ4n) is 7.62. The first kappa shape index (κ1) is 27.7. The second kappa shape index (κ2) is 10.4. The van der Waals surface area contributed by atoms with Crippen molar-refractivity contribution in [3.05, 3.63) is 89.5 Å². The number of ether oxygens (including phenoxy) is 2. The molecule has 3 aromatic carbocycles. The van der Waals surface area contributed by atoms with Crippen LogP contribution >= 0.6 is 0 Å². The Hall–Kier alpha value is -3.46. The number of methoxy groups -OCH3 is 1. The van der Waals surface area contributed by atoms with Crippen LogP contribution in [0.3, 0.4) is 0 Å². The molecule has 8 heteroatoms. The molecular formula is C33H38N2O5Si. The molecule has 2 amide bonds. The molecular weight excluding hydrogens is 532 g/mol. The summed E-state index contributed by atoms with van der Waals surface area (Å²) >= 11 is 0. The minimum Gasteiger partial charge on any atom is -0.497 e. The highest BCUT2D eigenvalue weighted by molar-refractivity contribution is 6.91. The third-order valence-corrected chi connectivity index (χ3v) is 14.1. The number of carbonyl (C=O) groups excluding carboxylic acids is 2. The Kier molecular flexibility index (Phi) is 7.04. The minimum absolute atomic E-state index is 0.0265. The summed E-state index contributed by atoms with van der Waals surface area (Å²) in [6, 6.07) is 23.8. The smallest absolute Gasteiger partial charge is 0.261 e. The number of fused-ring (bicyclic) bond motifs is 3. The molecule has 1 saturated heterocycles. The first-order chi connectivity index (χ1) is 19.7. The Bertz CT molecular complexity index is 1470. The summed E-state index contributed by atoms with van der Waals surface area (Å²) in [5.74, 6) is 0.417. The molecule has 0 saturated carbocycles. The number of rotatable bonds is 6. The minimum atomic E-state index is -2.33. The van der Waals surface area contributed by atoms with Gasteiger partial charge >= 0.3 is 0 Å². The van der Waals surface area contributed by atoms with E-state index in [2.05, 4.69) is 49.6 Å². The molecule has 0 bridgehead atoms. The van der Waals surface area contributed by atoms with Crippen LogP contribution in [0.4, 0.5) is 5.69 Å². The number of para-hydroxylation sites is 1. The van der Waals surface area contributed by atoms with Gasteiger partial charge in [-0.05, 0) is 41.3 Å². The summed E-state index contributed by atoms with van der Waals surface area (Å²) in [6.45, 7) is 7.09. The first-order valence-corrected chi connectivity index (χ1v) is 17.5. The van der Waals surface area contributed by atoms with Crippen molar-refractivity contribution in [3.63, 3.8) is 0 Å². The lowest BCUT2D eigenvalue weighted by Gasteiger charge is -2.39. The molecule has 0 aromatic heterocycles. The van der Waals surface area contributed by atoms with Gasteiger partial charge in [0.05, 0.1) is 40.4 Å². The number of aliphatic hydroxyl groups excluding tert-OH is 1. The van der Waals surface area contributed by atoms with E-state index in [1.807, 2.05) is 53.4 Å². The molecule has 2 N–H and O–H groups in total. The van der Waals surface area contributed by atoms with Crippen molar-refractivity contribution in [3.8, 4) is 5.75 Å². The average molecular weight is 571 g/mol. The molecule has 0 aliphatic carbocycles. The summed E-state index contributed by atoms with van der Waals surface area (Å²) in [7, 11) is -0.675. The van der Waals surface area contributed by atoms with Crippen LogP contribution in [0.25, 0.3) is 0 Å². The predicted molar refractivity (Wildman–Crippen MR) is 161 cm³/mol. The van der Waals surface area contributed by atoms with E-state index in [1.54, 1.807) is 7.11 Å². The molecule has 3 heterocycles. The molecule has 1 fully saturated rings. The van der Waals surface area contributed by atoms with Crippen molar-refractivity contribution >= 4 is 30.8 Å². The quantitative estimate of drug-likeness (QED) is 0.434. The van der Waals surface area contributed by atoms with Gasteiger partial charge in [0.1, 0.15) is 5.75 Å². The number of anilines is 1. The lowest BCUT2D eigenvalue weighted by atomic mass is 9.82. The molecule has 0 radical (unpaired) electrons. The fraction of sp³-hybridized carbons (Fsp3) is 0.394. The highest BCUT2D eigenvalue weighted by atomic mass is 28.3. The van der Waals surface area contributed by atoms with E-state index in [1.165, 1.54) is 10.8 Å². The van der Waals surface area contributed by atoms with Crippen molar-refractivity contribution < 1.29 is 24.2 Å². The SMILES string of the molecule is COc1ccc([Si](C)(C)[C@H]2[C@H](CC(=O)N3Cc4ccccc4C[C@H]3CO)O[C@@]3(C(=O)Nc4ccccc43)[C@@H]2C)cc1. The Morgan fingerprint density at radius 3 is 2.46 bits per heavy atom. The normalized spacial score (nSPS) is 27.0. The van der Waals surface area contributed by atoms with Crippen molar-refractivity contribution in [2.45, 2.75) is 62.7 Å². The van der Waals surface area contributed by atoms with Gasteiger partial charge in [-0.15, -0.1) is 0 Å². The Labute approximate surface area is 242 Å². The van der Waals surface area contributed by atoms with Gasteiger partial charge in [-0.1, -0.05) is 79.8 Å². The molecule has 3 aliphatic heterocycles. The van der Waals surface area contributed by atoms with Crippen molar-refractivity contribution in [2.75, 3.05) is 19.0 Å². The number of carbonyl (C=O) groups is 2. The van der Waals surface area contributed by atoms with Crippen LogP contribution in [0.5, 0.6) is 5.75 Å². The van der Waals surface area contributed by atoms with Gasteiger partial charge in [0, 0.05) is 23.7 Å². The number of nitrogens with zero attached hydrogens (tertiary/aromatic N) is 1. The summed E-state index contributed by atoms with van der Waals surface area (Å²) in [6.07, 6.45) is 0.308. The van der Waals surface area contributed by atoms with Crippen LogP contribution in [-0.2, 0) is 32.9 Å². The first-order valence-electron chi connectivity index (χ1n) is 14.4. The number of hydrogen-bond donors (Lipinski definition) is 2. The third kappa shape index (κ3) is 4.40. The molecule has 7 nitrogen and oxygen atoms in total. The van der Waals surface area contributed by atoms with E-state index in [9.17, 15) is 14.7 Å². The topological polar surface area (TPSA) is 88.1 Å². The maximum atomic E-state index is 14.1. The van der Waals surface area contributed by atoms with Gasteiger partial charge in [-0.25, -0.2) is 0 Å². The van der Waals surface area contributed by atoms with Crippen LogP contribution in [0.15, 0.2) is 72.8 Å². The van der Waals surface area contributed by atoms with Crippen molar-refractivity contribution in [1.29, 1.82) is 0 Å². The van der Waals surface area contributed by atoms with Crippen LogP contribution in [0.1, 0.15) is 30.0 Å². The molecule has 41 heavy (non-hydrogen) atoms. The van der Waals surface area contributed by atoms with E-state index in [0.717, 1.165) is 22.6 Å². The Morgan fingerprint density at radius 2 is 1.76 bits per heavy atom. The van der Waals surface area contributed by atoms with Crippen molar-refractivity contribution in [1.82, 2.24) is 4.90 Å². The third-order valence-electron chi connectivity index (χ3n) is 9.76. The number of nitrogens with one attached hydrogen (secondary N) is 1.